The number of rotatable bonds is 11. The van der Waals surface area contributed by atoms with E-state index >= 15 is 0 Å². The zero-order chi connectivity index (χ0) is 19.5. The minimum Gasteiger partial charge on any atom is -0.497 e. The minimum absolute atomic E-state index is 0.0402. The molecule has 4 nitrogen and oxygen atoms in total. The Morgan fingerprint density at radius 2 is 1.85 bits per heavy atom. The maximum Gasteiger partial charge on any atom is 0.220 e. The first-order valence-corrected chi connectivity index (χ1v) is 10.5. The number of hydrogen-bond donors (Lipinski definition) is 1. The maximum atomic E-state index is 11.8. The highest BCUT2D eigenvalue weighted by Crippen LogP contribution is 2.24. The molecule has 0 heterocycles. The Labute approximate surface area is 174 Å². The molecule has 0 aliphatic heterocycles. The van der Waals surface area contributed by atoms with Crippen LogP contribution in [-0.2, 0) is 10.5 Å². The van der Waals surface area contributed by atoms with Crippen LogP contribution in [-0.4, -0.2) is 31.9 Å². The van der Waals surface area contributed by atoms with Crippen LogP contribution in [0.1, 0.15) is 18.4 Å². The molecule has 0 saturated heterocycles. The van der Waals surface area contributed by atoms with E-state index in [0.29, 0.717) is 36.0 Å². The molecule has 0 fully saturated rings. The molecule has 7 heteroatoms. The van der Waals surface area contributed by atoms with E-state index in [1.54, 1.807) is 24.9 Å². The molecule has 0 atom stereocenters. The summed E-state index contributed by atoms with van der Waals surface area (Å²) in [6.07, 6.45) is 1.12. The summed E-state index contributed by atoms with van der Waals surface area (Å²) in [7, 11) is 1.62. The van der Waals surface area contributed by atoms with E-state index in [1.165, 1.54) is 0 Å². The number of methoxy groups -OCH3 is 1. The standard InChI is InChI=1S/C20H23Cl2NO3S/c1-25-17-6-8-18(9-7-17)26-11-2-3-20(24)23-10-12-27-14-15-4-5-16(21)13-19(15)22/h4-9,13H,2-3,10-12,14H2,1H3,(H,23,24). The Morgan fingerprint density at radius 3 is 2.56 bits per heavy atom. The van der Waals surface area contributed by atoms with Crippen molar-refractivity contribution in [3.05, 3.63) is 58.1 Å². The van der Waals surface area contributed by atoms with Gasteiger partial charge in [0, 0.05) is 34.5 Å². The molecule has 0 bridgehead atoms. The number of halogens is 2. The number of carbonyl (C=O) groups is 1. The van der Waals surface area contributed by atoms with E-state index in [2.05, 4.69) is 5.32 Å². The van der Waals surface area contributed by atoms with Gasteiger partial charge in [0.1, 0.15) is 11.5 Å². The van der Waals surface area contributed by atoms with Crippen LogP contribution in [0.15, 0.2) is 42.5 Å². The van der Waals surface area contributed by atoms with Gasteiger partial charge in [-0.05, 0) is 48.4 Å². The lowest BCUT2D eigenvalue weighted by Crippen LogP contribution is -2.25. The van der Waals surface area contributed by atoms with Crippen LogP contribution in [0.3, 0.4) is 0 Å². The van der Waals surface area contributed by atoms with Crippen LogP contribution in [0.2, 0.25) is 10.0 Å². The smallest absolute Gasteiger partial charge is 0.220 e. The first kappa shape index (κ1) is 21.7. The molecule has 0 spiro atoms. The highest BCUT2D eigenvalue weighted by Gasteiger charge is 2.04. The van der Waals surface area contributed by atoms with Crippen LogP contribution >= 0.6 is 35.0 Å². The first-order chi connectivity index (χ1) is 13.1. The number of thioether (sulfide) groups is 1. The first-order valence-electron chi connectivity index (χ1n) is 8.63. The van der Waals surface area contributed by atoms with E-state index < -0.39 is 0 Å². The van der Waals surface area contributed by atoms with Gasteiger partial charge in [-0.15, -0.1) is 0 Å². The number of benzene rings is 2. The van der Waals surface area contributed by atoms with Gasteiger partial charge >= 0.3 is 0 Å². The highest BCUT2D eigenvalue weighted by molar-refractivity contribution is 7.98. The Morgan fingerprint density at radius 1 is 1.11 bits per heavy atom. The molecular weight excluding hydrogens is 405 g/mol. The Kier molecular flexibility index (Phi) is 9.67. The van der Waals surface area contributed by atoms with Gasteiger partial charge in [0.25, 0.3) is 0 Å². The van der Waals surface area contributed by atoms with Crippen LogP contribution < -0.4 is 14.8 Å². The van der Waals surface area contributed by atoms with Crippen molar-refractivity contribution in [1.29, 1.82) is 0 Å². The Hall–Kier alpha value is -1.56. The quantitative estimate of drug-likeness (QED) is 0.499. The fraction of sp³-hybridized carbons (Fsp3) is 0.350. The van der Waals surface area contributed by atoms with E-state index in [1.807, 2.05) is 36.4 Å². The van der Waals surface area contributed by atoms with Crippen molar-refractivity contribution in [3.8, 4) is 11.5 Å². The van der Waals surface area contributed by atoms with Crippen molar-refractivity contribution in [3.63, 3.8) is 0 Å². The number of ether oxygens (including phenoxy) is 2. The molecule has 2 aromatic rings. The Bertz CT molecular complexity index is 726. The lowest BCUT2D eigenvalue weighted by atomic mass is 10.2. The molecule has 2 rings (SSSR count). The van der Waals surface area contributed by atoms with Crippen molar-refractivity contribution in [1.82, 2.24) is 5.32 Å². The van der Waals surface area contributed by atoms with Crippen LogP contribution in [0.25, 0.3) is 0 Å². The van der Waals surface area contributed by atoms with Crippen molar-refractivity contribution >= 4 is 40.9 Å². The summed E-state index contributed by atoms with van der Waals surface area (Å²) >= 11 is 13.7. The highest BCUT2D eigenvalue weighted by atomic mass is 35.5. The molecule has 1 amide bonds. The molecular formula is C20H23Cl2NO3S. The topological polar surface area (TPSA) is 47.6 Å². The molecule has 1 N–H and O–H groups in total. The normalized spacial score (nSPS) is 10.5. The molecule has 0 aromatic heterocycles. The number of nitrogens with one attached hydrogen (secondary N) is 1. The van der Waals surface area contributed by atoms with Gasteiger partial charge in [-0.25, -0.2) is 0 Å². The third-order valence-electron chi connectivity index (χ3n) is 3.72. The summed E-state index contributed by atoms with van der Waals surface area (Å²) in [5.74, 6) is 3.22. The van der Waals surface area contributed by atoms with Gasteiger partial charge in [0.05, 0.1) is 13.7 Å². The molecule has 0 aliphatic rings. The van der Waals surface area contributed by atoms with Gasteiger partial charge in [-0.3, -0.25) is 4.79 Å². The molecule has 27 heavy (non-hydrogen) atoms. The molecule has 0 radical (unpaired) electrons. The second-order valence-corrected chi connectivity index (χ2v) is 7.71. The van der Waals surface area contributed by atoms with Crippen molar-refractivity contribution in [2.24, 2.45) is 0 Å². The molecule has 0 unspecified atom stereocenters. The lowest BCUT2D eigenvalue weighted by molar-refractivity contribution is -0.121. The molecule has 0 aliphatic carbocycles. The summed E-state index contributed by atoms with van der Waals surface area (Å²) in [5, 5.41) is 4.23. The fourth-order valence-electron chi connectivity index (χ4n) is 2.27. The van der Waals surface area contributed by atoms with Gasteiger partial charge in [0.2, 0.25) is 5.91 Å². The third kappa shape index (κ3) is 8.33. The SMILES string of the molecule is COc1ccc(OCCCC(=O)NCCSCc2ccc(Cl)cc2Cl)cc1. The predicted octanol–water partition coefficient (Wildman–Crippen LogP) is 5.21. The number of hydrogen-bond acceptors (Lipinski definition) is 4. The third-order valence-corrected chi connectivity index (χ3v) is 5.31. The Balaban J connectivity index is 1.51. The van der Waals surface area contributed by atoms with Crippen molar-refractivity contribution < 1.29 is 14.3 Å². The van der Waals surface area contributed by atoms with Gasteiger partial charge in [-0.2, -0.15) is 11.8 Å². The van der Waals surface area contributed by atoms with Crippen molar-refractivity contribution in [2.45, 2.75) is 18.6 Å². The predicted molar refractivity (Wildman–Crippen MR) is 113 cm³/mol. The summed E-state index contributed by atoms with van der Waals surface area (Å²) in [5.41, 5.74) is 1.05. The minimum atomic E-state index is 0.0402. The monoisotopic (exact) mass is 427 g/mol. The van der Waals surface area contributed by atoms with E-state index in [4.69, 9.17) is 32.7 Å². The summed E-state index contributed by atoms with van der Waals surface area (Å²) in [6.45, 7) is 1.14. The summed E-state index contributed by atoms with van der Waals surface area (Å²) < 4.78 is 10.7. The summed E-state index contributed by atoms with van der Waals surface area (Å²) in [6, 6.07) is 12.9. The molecule has 0 saturated carbocycles. The molecule has 2 aromatic carbocycles. The average Bonchev–Trinajstić information content (AvgIpc) is 2.67. The number of amides is 1. The maximum absolute atomic E-state index is 11.8. The fourth-order valence-corrected chi connectivity index (χ4v) is 3.68. The molecule has 146 valence electrons. The summed E-state index contributed by atoms with van der Waals surface area (Å²) in [4.78, 5) is 11.8. The second kappa shape index (κ2) is 12.0. The zero-order valence-electron chi connectivity index (χ0n) is 15.2. The largest absolute Gasteiger partial charge is 0.497 e. The van der Waals surface area contributed by atoms with Crippen LogP contribution in [0.4, 0.5) is 0 Å². The van der Waals surface area contributed by atoms with Gasteiger partial charge in [0.15, 0.2) is 0 Å². The van der Waals surface area contributed by atoms with Gasteiger partial charge in [-0.1, -0.05) is 29.3 Å². The van der Waals surface area contributed by atoms with Gasteiger partial charge < -0.3 is 14.8 Å². The van der Waals surface area contributed by atoms with Crippen LogP contribution in [0.5, 0.6) is 11.5 Å². The van der Waals surface area contributed by atoms with E-state index in [-0.39, 0.29) is 5.91 Å². The van der Waals surface area contributed by atoms with Crippen molar-refractivity contribution in [2.75, 3.05) is 26.0 Å². The average molecular weight is 428 g/mol. The van der Waals surface area contributed by atoms with E-state index in [0.717, 1.165) is 28.6 Å². The number of carbonyl (C=O) groups excluding carboxylic acids is 1. The van der Waals surface area contributed by atoms with E-state index in [9.17, 15) is 4.79 Å². The zero-order valence-corrected chi connectivity index (χ0v) is 17.5. The lowest BCUT2D eigenvalue weighted by Gasteiger charge is -2.08. The van der Waals surface area contributed by atoms with Crippen LogP contribution in [0, 0.1) is 0 Å². The second-order valence-electron chi connectivity index (χ2n) is 5.77.